The first kappa shape index (κ1) is 23.2. The largest absolute Gasteiger partial charge is 0.491 e. The molecule has 0 bridgehead atoms. The van der Waals surface area contributed by atoms with Crippen LogP contribution in [0.15, 0.2) is 48.5 Å². The van der Waals surface area contributed by atoms with Gasteiger partial charge in [0.05, 0.1) is 12.8 Å². The summed E-state index contributed by atoms with van der Waals surface area (Å²) < 4.78 is 32.7. The van der Waals surface area contributed by atoms with Gasteiger partial charge in [-0.2, -0.15) is 0 Å². The summed E-state index contributed by atoms with van der Waals surface area (Å²) in [7, 11) is 0. The van der Waals surface area contributed by atoms with Crippen molar-refractivity contribution < 1.29 is 18.3 Å². The van der Waals surface area contributed by atoms with E-state index < -0.39 is 6.67 Å². The van der Waals surface area contributed by atoms with Gasteiger partial charge in [0.25, 0.3) is 0 Å². The zero-order chi connectivity index (χ0) is 22.2. The van der Waals surface area contributed by atoms with Gasteiger partial charge in [-0.05, 0) is 68.6 Å². The van der Waals surface area contributed by atoms with E-state index in [1.54, 1.807) is 17.0 Å². The highest BCUT2D eigenvalue weighted by Gasteiger charge is 2.32. The lowest BCUT2D eigenvalue weighted by molar-refractivity contribution is -0.136. The van der Waals surface area contributed by atoms with E-state index in [4.69, 9.17) is 4.74 Å². The Labute approximate surface area is 183 Å². The Morgan fingerprint density at radius 3 is 2.45 bits per heavy atom. The Morgan fingerprint density at radius 2 is 1.81 bits per heavy atom. The quantitative estimate of drug-likeness (QED) is 0.636. The van der Waals surface area contributed by atoms with Crippen LogP contribution >= 0.6 is 0 Å². The van der Waals surface area contributed by atoms with Crippen molar-refractivity contribution in [1.29, 1.82) is 0 Å². The number of hydrogen-bond acceptors (Lipinski definition) is 3. The van der Waals surface area contributed by atoms with Crippen molar-refractivity contribution in [1.82, 2.24) is 10.2 Å². The zero-order valence-electron chi connectivity index (χ0n) is 18.3. The number of amides is 1. The predicted octanol–water partition coefficient (Wildman–Crippen LogP) is 4.52. The summed E-state index contributed by atoms with van der Waals surface area (Å²) in [6.07, 6.45) is 1.77. The number of piperidine rings is 1. The van der Waals surface area contributed by atoms with E-state index in [0.717, 1.165) is 23.4 Å². The van der Waals surface area contributed by atoms with Gasteiger partial charge in [0.1, 0.15) is 11.6 Å². The summed E-state index contributed by atoms with van der Waals surface area (Å²) in [6.45, 7) is 5.17. The van der Waals surface area contributed by atoms with Crippen molar-refractivity contribution in [3.8, 4) is 5.75 Å². The Morgan fingerprint density at radius 1 is 1.13 bits per heavy atom. The van der Waals surface area contributed by atoms with E-state index in [9.17, 15) is 13.6 Å². The van der Waals surface area contributed by atoms with Crippen molar-refractivity contribution in [2.75, 3.05) is 19.8 Å². The molecule has 1 saturated heterocycles. The van der Waals surface area contributed by atoms with Crippen molar-refractivity contribution in [2.45, 2.75) is 51.8 Å². The Bertz CT molecular complexity index is 824. The molecule has 0 spiro atoms. The number of carbonyl (C=O) groups excluding carboxylic acids is 1. The highest BCUT2D eigenvalue weighted by atomic mass is 19.1. The number of nitrogens with one attached hydrogen (secondary N) is 1. The molecule has 2 atom stereocenters. The molecule has 0 aromatic heterocycles. The number of hydrogen-bond donors (Lipinski definition) is 1. The number of rotatable bonds is 9. The predicted molar refractivity (Wildman–Crippen MR) is 118 cm³/mol. The van der Waals surface area contributed by atoms with Crippen LogP contribution < -0.4 is 10.1 Å². The second-order valence-corrected chi connectivity index (χ2v) is 8.43. The lowest BCUT2D eigenvalue weighted by Crippen LogP contribution is -2.52. The van der Waals surface area contributed by atoms with E-state index in [-0.39, 0.29) is 29.8 Å². The van der Waals surface area contributed by atoms with E-state index in [1.165, 1.54) is 12.1 Å². The third kappa shape index (κ3) is 6.76. The number of nitrogens with zero attached hydrogens (tertiary/aromatic N) is 1. The van der Waals surface area contributed by atoms with Crippen LogP contribution in [0.25, 0.3) is 0 Å². The highest BCUT2D eigenvalue weighted by Crippen LogP contribution is 2.23. The van der Waals surface area contributed by atoms with Gasteiger partial charge < -0.3 is 15.0 Å². The van der Waals surface area contributed by atoms with Gasteiger partial charge >= 0.3 is 0 Å². The lowest BCUT2D eigenvalue weighted by Gasteiger charge is -2.39. The molecule has 0 unspecified atom stereocenters. The van der Waals surface area contributed by atoms with Crippen molar-refractivity contribution >= 4 is 5.91 Å². The molecule has 1 heterocycles. The summed E-state index contributed by atoms with van der Waals surface area (Å²) in [5, 5.41) is 3.22. The summed E-state index contributed by atoms with van der Waals surface area (Å²) in [6, 6.07) is 13.8. The summed E-state index contributed by atoms with van der Waals surface area (Å²) >= 11 is 0. The minimum absolute atomic E-state index is 0.00261. The van der Waals surface area contributed by atoms with Crippen LogP contribution in [0.1, 0.15) is 37.8 Å². The van der Waals surface area contributed by atoms with Crippen molar-refractivity contribution in [3.05, 3.63) is 65.5 Å². The van der Waals surface area contributed by atoms with Crippen LogP contribution in [0, 0.1) is 11.7 Å². The molecular formula is C25H32F2N2O2. The monoisotopic (exact) mass is 430 g/mol. The standard InChI is InChI=1S/C25H32F2N2O2/c1-18(2)31-23-10-5-19(6-11-23)7-12-25(30)29(17-20-3-8-22(27)9-4-20)24-13-14-28-16-21(24)15-26/h3-6,8-11,18,21,24,28H,7,12-17H2,1-2H3/t21-,24+/m0/s1. The van der Waals surface area contributed by atoms with Crippen LogP contribution in [0.4, 0.5) is 8.78 Å². The number of aryl methyl sites for hydroxylation is 1. The first-order chi connectivity index (χ1) is 15.0. The Kier molecular flexibility index (Phi) is 8.41. The third-order valence-electron chi connectivity index (χ3n) is 5.68. The Hall–Kier alpha value is -2.47. The van der Waals surface area contributed by atoms with Crippen LogP contribution in [0.3, 0.4) is 0 Å². The molecule has 0 saturated carbocycles. The van der Waals surface area contributed by atoms with Crippen LogP contribution in [0.5, 0.6) is 5.75 Å². The molecule has 1 fully saturated rings. The minimum Gasteiger partial charge on any atom is -0.491 e. The number of ether oxygens (including phenoxy) is 1. The van der Waals surface area contributed by atoms with Gasteiger partial charge in [0.15, 0.2) is 0 Å². The second-order valence-electron chi connectivity index (χ2n) is 8.43. The molecule has 3 rings (SSSR count). The third-order valence-corrected chi connectivity index (χ3v) is 5.68. The lowest BCUT2D eigenvalue weighted by atomic mass is 9.92. The van der Waals surface area contributed by atoms with Gasteiger partial charge in [-0.25, -0.2) is 4.39 Å². The van der Waals surface area contributed by atoms with Gasteiger partial charge in [0, 0.05) is 31.5 Å². The fourth-order valence-corrected chi connectivity index (χ4v) is 4.06. The average Bonchev–Trinajstić information content (AvgIpc) is 2.77. The minimum atomic E-state index is -0.470. The van der Waals surface area contributed by atoms with Gasteiger partial charge in [0.2, 0.25) is 5.91 Å². The number of alkyl halides is 1. The second kappa shape index (κ2) is 11.2. The van der Waals surface area contributed by atoms with E-state index in [1.807, 2.05) is 38.1 Å². The van der Waals surface area contributed by atoms with Crippen molar-refractivity contribution in [2.24, 2.45) is 5.92 Å². The maximum absolute atomic E-state index is 13.7. The van der Waals surface area contributed by atoms with E-state index in [0.29, 0.717) is 32.4 Å². The first-order valence-corrected chi connectivity index (χ1v) is 11.0. The molecule has 2 aromatic rings. The molecule has 168 valence electrons. The molecule has 1 amide bonds. The normalized spacial score (nSPS) is 18.7. The van der Waals surface area contributed by atoms with Gasteiger partial charge in [-0.15, -0.1) is 0 Å². The summed E-state index contributed by atoms with van der Waals surface area (Å²) in [5.41, 5.74) is 1.90. The summed E-state index contributed by atoms with van der Waals surface area (Å²) in [4.78, 5) is 15.0. The smallest absolute Gasteiger partial charge is 0.223 e. The zero-order valence-corrected chi connectivity index (χ0v) is 18.3. The Balaban J connectivity index is 1.69. The molecule has 1 N–H and O–H groups in total. The SMILES string of the molecule is CC(C)Oc1ccc(CCC(=O)N(Cc2ccc(F)cc2)[C@@H]2CCNC[C@@H]2CF)cc1. The van der Waals surface area contributed by atoms with Crippen molar-refractivity contribution in [3.63, 3.8) is 0 Å². The average molecular weight is 431 g/mol. The van der Waals surface area contributed by atoms with Gasteiger partial charge in [-0.1, -0.05) is 24.3 Å². The fraction of sp³-hybridized carbons (Fsp3) is 0.480. The van der Waals surface area contributed by atoms with E-state index >= 15 is 0 Å². The maximum atomic E-state index is 13.7. The fourth-order valence-electron chi connectivity index (χ4n) is 4.06. The molecule has 1 aliphatic rings. The van der Waals surface area contributed by atoms with Crippen LogP contribution in [-0.4, -0.2) is 42.7 Å². The summed E-state index contributed by atoms with van der Waals surface area (Å²) in [5.74, 6) is 0.265. The molecule has 1 aliphatic heterocycles. The molecule has 0 aliphatic carbocycles. The topological polar surface area (TPSA) is 41.6 Å². The molecule has 6 heteroatoms. The molecule has 0 radical (unpaired) electrons. The molecule has 31 heavy (non-hydrogen) atoms. The number of carbonyl (C=O) groups is 1. The number of benzene rings is 2. The molecule has 2 aromatic carbocycles. The van der Waals surface area contributed by atoms with Crippen LogP contribution in [-0.2, 0) is 17.8 Å². The maximum Gasteiger partial charge on any atom is 0.223 e. The van der Waals surface area contributed by atoms with E-state index in [2.05, 4.69) is 5.32 Å². The molecular weight excluding hydrogens is 398 g/mol. The first-order valence-electron chi connectivity index (χ1n) is 11.0. The molecule has 4 nitrogen and oxygen atoms in total. The van der Waals surface area contributed by atoms with Crippen LogP contribution in [0.2, 0.25) is 0 Å². The highest BCUT2D eigenvalue weighted by molar-refractivity contribution is 5.77. The van der Waals surface area contributed by atoms with Gasteiger partial charge in [-0.3, -0.25) is 9.18 Å². The number of halogens is 2.